The van der Waals surface area contributed by atoms with Crippen LogP contribution in [0.5, 0.6) is 0 Å². The number of nitrogens with one attached hydrogen (secondary N) is 3. The van der Waals surface area contributed by atoms with E-state index in [9.17, 15) is 72.9 Å². The van der Waals surface area contributed by atoms with Crippen molar-refractivity contribution < 1.29 is 118 Å². The van der Waals surface area contributed by atoms with E-state index in [2.05, 4.69) is 16.0 Å². The van der Waals surface area contributed by atoms with E-state index in [1.54, 1.807) is 0 Å². The predicted octanol–water partition coefficient (Wildman–Crippen LogP) is -3.46. The Labute approximate surface area is 424 Å². The fourth-order valence-corrected chi connectivity index (χ4v) is 7.04. The van der Waals surface area contributed by atoms with Gasteiger partial charge in [0.1, 0.15) is 18.1 Å². The Hall–Kier alpha value is -6.64. The molecule has 0 aliphatic carbocycles. The highest BCUT2D eigenvalue weighted by Crippen LogP contribution is 2.13. The van der Waals surface area contributed by atoms with Crippen LogP contribution in [-0.4, -0.2) is 254 Å². The molecule has 74 heavy (non-hydrogen) atoms. The van der Waals surface area contributed by atoms with Gasteiger partial charge in [0.05, 0.1) is 84.4 Å². The molecule has 0 fully saturated rings. The van der Waals surface area contributed by atoms with Crippen LogP contribution in [0, 0.1) is 0 Å². The number of ether oxygens (including phenoxy) is 3. The van der Waals surface area contributed by atoms with Crippen LogP contribution in [-0.2, 0) is 71.7 Å². The van der Waals surface area contributed by atoms with Crippen LogP contribution in [0.2, 0.25) is 0 Å². The normalized spacial score (nSPS) is 13.3. The highest BCUT2D eigenvalue weighted by molar-refractivity contribution is 5.80. The van der Waals surface area contributed by atoms with Crippen molar-refractivity contribution in [3.8, 4) is 0 Å². The maximum absolute atomic E-state index is 12.5. The lowest BCUT2D eigenvalue weighted by atomic mass is 10.1. The average Bonchev–Trinajstić information content (AvgIpc) is 3.27. The molecule has 0 aromatic carbocycles. The number of hydrogen-bond donors (Lipinski definition) is 13. The van der Waals surface area contributed by atoms with E-state index in [4.69, 9.17) is 50.6 Å². The Balaban J connectivity index is 5.24. The highest BCUT2D eigenvalue weighted by Gasteiger charge is 2.32. The standard InChI is InChI=1S/C43H71N7O24/c44-43(25-72-16-10-31(51)45-13-4-1-7-28(40(66)67)48(19-34(54)55)20-35(56)57,26-73-17-11-32(52)46-14-5-2-8-29(41(68)69)49(21-36(58)59)22-37(60)61)27-74-18-12-33(53)47-15-6-3-9-30(42(70)71)50(23-38(62)63)24-39(64)65/h28-30H,1-27,44H2,(H,45,51)(H,46,52)(H,47,53)(H,54,55)(H,56,57)(H,58,59)(H,60,61)(H,62,63)(H,64,65)(H,66,67)(H,68,69)(H,70,71). The molecule has 3 amide bonds. The minimum absolute atomic E-state index is 0.0899. The maximum Gasteiger partial charge on any atom is 0.320 e. The van der Waals surface area contributed by atoms with Gasteiger partial charge in [0.2, 0.25) is 17.7 Å². The van der Waals surface area contributed by atoms with Crippen molar-refractivity contribution in [1.29, 1.82) is 0 Å². The second-order valence-corrected chi connectivity index (χ2v) is 16.9. The number of nitrogens with zero attached hydrogens (tertiary/aromatic N) is 3. The van der Waals surface area contributed by atoms with Crippen molar-refractivity contribution in [2.45, 2.75) is 101 Å². The summed E-state index contributed by atoms with van der Waals surface area (Å²) in [6, 6.07) is -4.17. The Kier molecular flexibility index (Phi) is 34.6. The first-order valence-electron chi connectivity index (χ1n) is 23.3. The number of amides is 3. The highest BCUT2D eigenvalue weighted by atomic mass is 16.5. The van der Waals surface area contributed by atoms with Gasteiger partial charge in [-0.1, -0.05) is 0 Å². The van der Waals surface area contributed by atoms with E-state index < -0.39 is 134 Å². The van der Waals surface area contributed by atoms with Gasteiger partial charge in [0.25, 0.3) is 0 Å². The van der Waals surface area contributed by atoms with Gasteiger partial charge in [-0.05, 0) is 57.8 Å². The first-order chi connectivity index (χ1) is 34.8. The van der Waals surface area contributed by atoms with Crippen molar-refractivity contribution >= 4 is 71.4 Å². The molecule has 0 rings (SSSR count). The number of carbonyl (C=O) groups excluding carboxylic acids is 3. The molecule has 0 aromatic heterocycles. The topological polar surface area (TPSA) is 486 Å². The number of carbonyl (C=O) groups is 12. The van der Waals surface area contributed by atoms with Crippen LogP contribution in [0.25, 0.3) is 0 Å². The van der Waals surface area contributed by atoms with Gasteiger partial charge in [-0.25, -0.2) is 0 Å². The van der Waals surface area contributed by atoms with Gasteiger partial charge in [0, 0.05) is 38.9 Å². The average molecular weight is 1070 g/mol. The monoisotopic (exact) mass is 1070 g/mol. The van der Waals surface area contributed by atoms with Crippen LogP contribution < -0.4 is 21.7 Å². The smallest absolute Gasteiger partial charge is 0.320 e. The predicted molar refractivity (Wildman–Crippen MR) is 249 cm³/mol. The fourth-order valence-electron chi connectivity index (χ4n) is 7.04. The van der Waals surface area contributed by atoms with Crippen molar-refractivity contribution in [1.82, 2.24) is 30.7 Å². The molecule has 3 unspecified atom stereocenters. The van der Waals surface area contributed by atoms with Crippen LogP contribution in [0.15, 0.2) is 0 Å². The van der Waals surface area contributed by atoms with Crippen LogP contribution in [0.1, 0.15) is 77.0 Å². The van der Waals surface area contributed by atoms with Crippen molar-refractivity contribution in [2.24, 2.45) is 5.73 Å². The summed E-state index contributed by atoms with van der Waals surface area (Å²) in [6.07, 6.45) is 0.710. The Morgan fingerprint density at radius 3 is 0.784 bits per heavy atom. The first-order valence-corrected chi connectivity index (χ1v) is 23.3. The fraction of sp³-hybridized carbons (Fsp3) is 0.721. The number of rotatable bonds is 48. The minimum Gasteiger partial charge on any atom is -0.480 e. The summed E-state index contributed by atoms with van der Waals surface area (Å²) in [5.74, 6) is -14.0. The summed E-state index contributed by atoms with van der Waals surface area (Å²) < 4.78 is 17.0. The van der Waals surface area contributed by atoms with E-state index in [-0.39, 0.29) is 136 Å². The molecule has 0 heterocycles. The third kappa shape index (κ3) is 33.9. The number of carboxylic acid groups (broad SMARTS) is 9. The second-order valence-electron chi connectivity index (χ2n) is 16.9. The third-order valence-electron chi connectivity index (χ3n) is 10.5. The zero-order valence-electron chi connectivity index (χ0n) is 40.9. The van der Waals surface area contributed by atoms with Gasteiger partial charge in [0.15, 0.2) is 0 Å². The summed E-state index contributed by atoms with van der Waals surface area (Å²) >= 11 is 0. The molecule has 0 spiro atoms. The molecule has 0 aliphatic rings. The van der Waals surface area contributed by atoms with E-state index >= 15 is 0 Å². The molecular weight excluding hydrogens is 998 g/mol. The molecule has 0 radical (unpaired) electrons. The van der Waals surface area contributed by atoms with Crippen molar-refractivity contribution in [3.63, 3.8) is 0 Å². The molecule has 31 heteroatoms. The summed E-state index contributed by atoms with van der Waals surface area (Å²) in [4.78, 5) is 142. The van der Waals surface area contributed by atoms with Crippen LogP contribution >= 0.6 is 0 Å². The Bertz CT molecular complexity index is 1600. The van der Waals surface area contributed by atoms with E-state index in [0.29, 0.717) is 0 Å². The number of unbranched alkanes of at least 4 members (excludes halogenated alkanes) is 3. The molecule has 422 valence electrons. The van der Waals surface area contributed by atoms with Gasteiger partial charge in [-0.15, -0.1) is 0 Å². The quantitative estimate of drug-likeness (QED) is 0.0263. The molecule has 0 saturated heterocycles. The van der Waals surface area contributed by atoms with Crippen LogP contribution in [0.3, 0.4) is 0 Å². The number of carboxylic acids is 9. The zero-order chi connectivity index (χ0) is 56.2. The van der Waals surface area contributed by atoms with Crippen LogP contribution in [0.4, 0.5) is 0 Å². The second kappa shape index (κ2) is 38.0. The lowest BCUT2D eigenvalue weighted by molar-refractivity contribution is -0.152. The first kappa shape index (κ1) is 67.4. The third-order valence-corrected chi connectivity index (χ3v) is 10.5. The van der Waals surface area contributed by atoms with E-state index in [1.807, 2.05) is 0 Å². The molecule has 3 atom stereocenters. The molecule has 0 aliphatic heterocycles. The molecule has 0 bridgehead atoms. The zero-order valence-corrected chi connectivity index (χ0v) is 40.9. The van der Waals surface area contributed by atoms with E-state index in [1.165, 1.54) is 0 Å². The molecule has 31 nitrogen and oxygen atoms in total. The molecule has 14 N–H and O–H groups in total. The lowest BCUT2D eigenvalue weighted by Gasteiger charge is -2.29. The summed E-state index contributed by atoms with van der Waals surface area (Å²) in [5, 5.41) is 90.9. The van der Waals surface area contributed by atoms with Crippen molar-refractivity contribution in [3.05, 3.63) is 0 Å². The summed E-state index contributed by atoms with van der Waals surface area (Å²) in [6.45, 7) is -5.70. The molecular formula is C43H71N7O24. The van der Waals surface area contributed by atoms with Gasteiger partial charge >= 0.3 is 53.7 Å². The minimum atomic E-state index is -1.40. The largest absolute Gasteiger partial charge is 0.480 e. The summed E-state index contributed by atoms with van der Waals surface area (Å²) in [5.41, 5.74) is 5.14. The number of aliphatic carboxylic acids is 9. The Morgan fingerprint density at radius 2 is 0.595 bits per heavy atom. The maximum atomic E-state index is 12.5. The number of nitrogens with two attached hydrogens (primary N) is 1. The van der Waals surface area contributed by atoms with Gasteiger partial charge in [-0.2, -0.15) is 0 Å². The number of hydrogen-bond acceptors (Lipinski definition) is 19. The SMILES string of the molecule is NC(COCCC(=O)NCCCCC(C(=O)O)N(CC(=O)O)CC(=O)O)(COCCC(=O)NCCCCC(C(=O)O)N(CC(=O)O)CC(=O)O)COCCC(=O)NCCCCC(C(=O)O)N(CC(=O)O)CC(=O)O. The Morgan fingerprint density at radius 1 is 0.378 bits per heavy atom. The molecule has 0 aromatic rings. The molecule has 0 saturated carbocycles. The summed E-state index contributed by atoms with van der Waals surface area (Å²) in [7, 11) is 0. The van der Waals surface area contributed by atoms with Crippen molar-refractivity contribution in [2.75, 3.05) is 98.5 Å². The van der Waals surface area contributed by atoms with Gasteiger partial charge in [-0.3, -0.25) is 72.2 Å². The lowest BCUT2D eigenvalue weighted by Crippen LogP contribution is -2.53. The van der Waals surface area contributed by atoms with Gasteiger partial charge < -0.3 is 81.9 Å². The van der Waals surface area contributed by atoms with E-state index in [0.717, 1.165) is 14.7 Å².